The standard InChI is InChI=1S/C20H19FN2O/c1-20(2,15-8-4-9-16(21)12-15)13-23-19(24)17-10-3-6-14-7-5-11-22-18(14)17/h3-12H,13H2,1-2H3,(H,23,24). The molecule has 0 aliphatic heterocycles. The third-order valence-corrected chi connectivity index (χ3v) is 4.17. The van der Waals surface area contributed by atoms with Gasteiger partial charge in [-0.1, -0.05) is 44.2 Å². The Labute approximate surface area is 140 Å². The number of benzene rings is 2. The lowest BCUT2D eigenvalue weighted by Crippen LogP contribution is -2.36. The third kappa shape index (κ3) is 3.27. The molecular weight excluding hydrogens is 303 g/mol. The molecular formula is C20H19FN2O. The van der Waals surface area contributed by atoms with Crippen LogP contribution >= 0.6 is 0 Å². The predicted octanol–water partition coefficient (Wildman–Crippen LogP) is 4.08. The Kier molecular flexibility index (Phi) is 4.30. The van der Waals surface area contributed by atoms with Gasteiger partial charge in [-0.2, -0.15) is 0 Å². The number of para-hydroxylation sites is 1. The maximum atomic E-state index is 13.4. The number of nitrogens with zero attached hydrogens (tertiary/aromatic N) is 1. The topological polar surface area (TPSA) is 42.0 Å². The van der Waals surface area contributed by atoms with Crippen molar-refractivity contribution in [2.24, 2.45) is 0 Å². The summed E-state index contributed by atoms with van der Waals surface area (Å²) in [5, 5.41) is 3.87. The molecule has 3 rings (SSSR count). The van der Waals surface area contributed by atoms with Crippen LogP contribution in [-0.4, -0.2) is 17.4 Å². The number of nitrogens with one attached hydrogen (secondary N) is 1. The van der Waals surface area contributed by atoms with Crippen LogP contribution in [0.1, 0.15) is 29.8 Å². The molecule has 3 aromatic rings. The van der Waals surface area contributed by atoms with Crippen molar-refractivity contribution in [2.45, 2.75) is 19.3 Å². The molecule has 0 bridgehead atoms. The van der Waals surface area contributed by atoms with E-state index in [0.717, 1.165) is 10.9 Å². The smallest absolute Gasteiger partial charge is 0.253 e. The summed E-state index contributed by atoms with van der Waals surface area (Å²) in [5.74, 6) is -0.450. The summed E-state index contributed by atoms with van der Waals surface area (Å²) in [7, 11) is 0. The van der Waals surface area contributed by atoms with Crippen molar-refractivity contribution in [3.05, 3.63) is 77.7 Å². The van der Waals surface area contributed by atoms with Gasteiger partial charge in [0.25, 0.3) is 5.91 Å². The van der Waals surface area contributed by atoms with Gasteiger partial charge in [0.2, 0.25) is 0 Å². The van der Waals surface area contributed by atoms with Gasteiger partial charge in [0.1, 0.15) is 5.82 Å². The van der Waals surface area contributed by atoms with Crippen molar-refractivity contribution < 1.29 is 9.18 Å². The van der Waals surface area contributed by atoms with E-state index in [-0.39, 0.29) is 17.1 Å². The van der Waals surface area contributed by atoms with Crippen LogP contribution in [0, 0.1) is 5.82 Å². The van der Waals surface area contributed by atoms with Gasteiger partial charge in [-0.15, -0.1) is 0 Å². The fourth-order valence-corrected chi connectivity index (χ4v) is 2.70. The van der Waals surface area contributed by atoms with E-state index < -0.39 is 0 Å². The lowest BCUT2D eigenvalue weighted by atomic mass is 9.84. The van der Waals surface area contributed by atoms with Crippen LogP contribution in [0.5, 0.6) is 0 Å². The Hall–Kier alpha value is -2.75. The molecule has 122 valence electrons. The van der Waals surface area contributed by atoms with E-state index in [1.807, 2.05) is 44.2 Å². The van der Waals surface area contributed by atoms with E-state index in [1.165, 1.54) is 12.1 Å². The molecule has 1 amide bonds. The Morgan fingerprint density at radius 3 is 2.67 bits per heavy atom. The highest BCUT2D eigenvalue weighted by atomic mass is 19.1. The van der Waals surface area contributed by atoms with Gasteiger partial charge in [-0.3, -0.25) is 9.78 Å². The molecule has 0 aliphatic rings. The van der Waals surface area contributed by atoms with Crippen LogP contribution in [0.4, 0.5) is 4.39 Å². The second-order valence-electron chi connectivity index (χ2n) is 6.46. The lowest BCUT2D eigenvalue weighted by molar-refractivity contribution is 0.0947. The Balaban J connectivity index is 1.80. The van der Waals surface area contributed by atoms with E-state index >= 15 is 0 Å². The van der Waals surface area contributed by atoms with Crippen molar-refractivity contribution in [2.75, 3.05) is 6.54 Å². The van der Waals surface area contributed by atoms with Gasteiger partial charge < -0.3 is 5.32 Å². The number of halogens is 1. The highest BCUT2D eigenvalue weighted by Gasteiger charge is 2.22. The minimum absolute atomic E-state index is 0.177. The van der Waals surface area contributed by atoms with Gasteiger partial charge in [0, 0.05) is 23.5 Å². The van der Waals surface area contributed by atoms with Gasteiger partial charge in [-0.25, -0.2) is 4.39 Å². The largest absolute Gasteiger partial charge is 0.351 e. The Morgan fingerprint density at radius 2 is 1.88 bits per heavy atom. The monoisotopic (exact) mass is 322 g/mol. The van der Waals surface area contributed by atoms with Crippen LogP contribution < -0.4 is 5.32 Å². The molecule has 0 saturated heterocycles. The quantitative estimate of drug-likeness (QED) is 0.786. The van der Waals surface area contributed by atoms with Crippen LogP contribution in [0.25, 0.3) is 10.9 Å². The lowest BCUT2D eigenvalue weighted by Gasteiger charge is -2.25. The normalized spacial score (nSPS) is 11.5. The minimum Gasteiger partial charge on any atom is -0.351 e. The molecule has 1 N–H and O–H groups in total. The van der Waals surface area contributed by atoms with Crippen molar-refractivity contribution >= 4 is 16.8 Å². The number of hydrogen-bond donors (Lipinski definition) is 1. The average molecular weight is 322 g/mol. The Morgan fingerprint density at radius 1 is 1.12 bits per heavy atom. The first-order valence-corrected chi connectivity index (χ1v) is 7.85. The number of aromatic nitrogens is 1. The number of carbonyl (C=O) groups excluding carboxylic acids is 1. The van der Waals surface area contributed by atoms with E-state index in [9.17, 15) is 9.18 Å². The first kappa shape index (κ1) is 16.1. The van der Waals surface area contributed by atoms with Gasteiger partial charge in [-0.05, 0) is 29.8 Å². The number of hydrogen-bond acceptors (Lipinski definition) is 2. The zero-order valence-corrected chi connectivity index (χ0v) is 13.7. The van der Waals surface area contributed by atoms with Crippen LogP contribution in [0.3, 0.4) is 0 Å². The third-order valence-electron chi connectivity index (χ3n) is 4.17. The summed E-state index contributed by atoms with van der Waals surface area (Å²) in [5.41, 5.74) is 1.69. The maximum absolute atomic E-state index is 13.4. The fourth-order valence-electron chi connectivity index (χ4n) is 2.70. The zero-order valence-electron chi connectivity index (χ0n) is 13.7. The van der Waals surface area contributed by atoms with E-state index in [4.69, 9.17) is 0 Å². The van der Waals surface area contributed by atoms with Crippen LogP contribution in [0.15, 0.2) is 60.8 Å². The second kappa shape index (κ2) is 6.40. The molecule has 1 aromatic heterocycles. The van der Waals surface area contributed by atoms with Gasteiger partial charge in [0.05, 0.1) is 11.1 Å². The number of pyridine rings is 1. The van der Waals surface area contributed by atoms with E-state index in [1.54, 1.807) is 18.3 Å². The number of fused-ring (bicyclic) bond motifs is 1. The Bertz CT molecular complexity index is 884. The minimum atomic E-state index is -0.379. The summed E-state index contributed by atoms with van der Waals surface area (Å²) < 4.78 is 13.4. The van der Waals surface area contributed by atoms with E-state index in [2.05, 4.69) is 10.3 Å². The highest BCUT2D eigenvalue weighted by molar-refractivity contribution is 6.05. The molecule has 0 atom stereocenters. The summed E-state index contributed by atoms with van der Waals surface area (Å²) in [6, 6.07) is 15.8. The molecule has 0 unspecified atom stereocenters. The average Bonchev–Trinajstić information content (AvgIpc) is 2.59. The zero-order chi connectivity index (χ0) is 17.2. The number of carbonyl (C=O) groups is 1. The molecule has 0 fully saturated rings. The van der Waals surface area contributed by atoms with Crippen LogP contribution in [-0.2, 0) is 5.41 Å². The van der Waals surface area contributed by atoms with Gasteiger partial charge in [0.15, 0.2) is 0 Å². The first-order chi connectivity index (χ1) is 11.5. The van der Waals surface area contributed by atoms with E-state index in [0.29, 0.717) is 17.6 Å². The number of amides is 1. The molecule has 0 saturated carbocycles. The summed E-state index contributed by atoms with van der Waals surface area (Å²) >= 11 is 0. The molecule has 1 heterocycles. The van der Waals surface area contributed by atoms with Gasteiger partial charge >= 0.3 is 0 Å². The second-order valence-corrected chi connectivity index (χ2v) is 6.46. The highest BCUT2D eigenvalue weighted by Crippen LogP contribution is 2.23. The SMILES string of the molecule is CC(C)(CNC(=O)c1cccc2cccnc12)c1cccc(F)c1. The molecule has 2 aromatic carbocycles. The summed E-state index contributed by atoms with van der Waals surface area (Å²) in [6.45, 7) is 4.35. The van der Waals surface area contributed by atoms with Crippen molar-refractivity contribution in [1.82, 2.24) is 10.3 Å². The maximum Gasteiger partial charge on any atom is 0.253 e. The molecule has 0 spiro atoms. The summed E-state index contributed by atoms with van der Waals surface area (Å²) in [4.78, 5) is 16.9. The molecule has 24 heavy (non-hydrogen) atoms. The predicted molar refractivity (Wildman–Crippen MR) is 93.5 cm³/mol. The van der Waals surface area contributed by atoms with Crippen molar-refractivity contribution in [3.63, 3.8) is 0 Å². The fraction of sp³-hybridized carbons (Fsp3) is 0.200. The molecule has 0 aliphatic carbocycles. The summed E-state index contributed by atoms with van der Waals surface area (Å²) in [6.07, 6.45) is 1.68. The molecule has 3 nitrogen and oxygen atoms in total. The van der Waals surface area contributed by atoms with Crippen LogP contribution in [0.2, 0.25) is 0 Å². The first-order valence-electron chi connectivity index (χ1n) is 7.85. The van der Waals surface area contributed by atoms with Crippen molar-refractivity contribution in [1.29, 1.82) is 0 Å². The molecule has 4 heteroatoms. The number of rotatable bonds is 4. The molecule has 0 radical (unpaired) electrons. The van der Waals surface area contributed by atoms with Crippen molar-refractivity contribution in [3.8, 4) is 0 Å².